The Morgan fingerprint density at radius 2 is 2.38 bits per heavy atom. The summed E-state index contributed by atoms with van der Waals surface area (Å²) in [5.41, 5.74) is 1.80. The van der Waals surface area contributed by atoms with E-state index in [0.29, 0.717) is 0 Å². The normalized spacial score (nSPS) is 10.6. The summed E-state index contributed by atoms with van der Waals surface area (Å²) in [6.45, 7) is 2.06. The van der Waals surface area contributed by atoms with Gasteiger partial charge in [-0.2, -0.15) is 5.10 Å². The maximum absolute atomic E-state index is 5.23. The minimum absolute atomic E-state index is 0.788. The second kappa shape index (κ2) is 3.05. The van der Waals surface area contributed by atoms with Crippen molar-refractivity contribution in [2.75, 3.05) is 7.11 Å². The van der Waals surface area contributed by atoms with Gasteiger partial charge in [-0.1, -0.05) is 6.92 Å². The Morgan fingerprint density at radius 1 is 1.54 bits per heavy atom. The lowest BCUT2D eigenvalue weighted by molar-refractivity contribution is 0.419. The molecule has 0 saturated carbocycles. The molecule has 0 aliphatic heterocycles. The van der Waals surface area contributed by atoms with E-state index in [2.05, 4.69) is 22.1 Å². The largest absolute Gasteiger partial charge is 0.496 e. The van der Waals surface area contributed by atoms with Crippen LogP contribution in [-0.2, 0) is 6.42 Å². The molecule has 0 amide bonds. The minimum atomic E-state index is 0.788. The second-order valence-corrected chi connectivity index (χ2v) is 2.80. The number of nitrogens with zero attached hydrogens (tertiary/aromatic N) is 2. The molecular formula is C9H11N3O. The molecular weight excluding hydrogens is 166 g/mol. The smallest absolute Gasteiger partial charge is 0.159 e. The molecule has 0 spiro atoms. The van der Waals surface area contributed by atoms with Crippen LogP contribution in [-0.4, -0.2) is 22.3 Å². The number of aromatic nitrogens is 3. The number of fused-ring (bicyclic) bond motifs is 1. The maximum atomic E-state index is 5.23. The van der Waals surface area contributed by atoms with Gasteiger partial charge in [0, 0.05) is 11.8 Å². The van der Waals surface area contributed by atoms with Crippen LogP contribution >= 0.6 is 0 Å². The average Bonchev–Trinajstić information content (AvgIpc) is 2.63. The third-order valence-corrected chi connectivity index (χ3v) is 2.02. The van der Waals surface area contributed by atoms with E-state index in [4.69, 9.17) is 4.74 Å². The van der Waals surface area contributed by atoms with Gasteiger partial charge in [0.1, 0.15) is 5.75 Å². The number of methoxy groups -OCH3 is 1. The molecule has 2 heterocycles. The second-order valence-electron chi connectivity index (χ2n) is 2.80. The van der Waals surface area contributed by atoms with Crippen molar-refractivity contribution in [3.05, 3.63) is 18.0 Å². The molecule has 0 fully saturated rings. The standard InChI is InChI=1S/C9H11N3O/c1-3-6-4-8(13-2)7-5-10-12-9(7)11-6/h4-5H,3H2,1-2H3,(H,10,11,12). The molecule has 4 heteroatoms. The van der Waals surface area contributed by atoms with Crippen LogP contribution in [0.2, 0.25) is 0 Å². The van der Waals surface area contributed by atoms with Crippen molar-refractivity contribution < 1.29 is 4.74 Å². The number of hydrogen-bond donors (Lipinski definition) is 1. The van der Waals surface area contributed by atoms with Gasteiger partial charge in [0.15, 0.2) is 5.65 Å². The summed E-state index contributed by atoms with van der Waals surface area (Å²) < 4.78 is 5.23. The minimum Gasteiger partial charge on any atom is -0.496 e. The lowest BCUT2D eigenvalue weighted by Gasteiger charge is -2.02. The predicted octanol–water partition coefficient (Wildman–Crippen LogP) is 1.53. The summed E-state index contributed by atoms with van der Waals surface area (Å²) in [5.74, 6) is 0.829. The predicted molar refractivity (Wildman–Crippen MR) is 49.8 cm³/mol. The quantitative estimate of drug-likeness (QED) is 0.756. The van der Waals surface area contributed by atoms with Crippen molar-refractivity contribution in [3.8, 4) is 5.75 Å². The fourth-order valence-corrected chi connectivity index (χ4v) is 1.30. The maximum Gasteiger partial charge on any atom is 0.159 e. The van der Waals surface area contributed by atoms with Gasteiger partial charge in [-0.25, -0.2) is 4.98 Å². The molecule has 1 N–H and O–H groups in total. The van der Waals surface area contributed by atoms with Crippen molar-refractivity contribution in [1.82, 2.24) is 15.2 Å². The molecule has 0 aliphatic carbocycles. The van der Waals surface area contributed by atoms with E-state index in [0.717, 1.165) is 28.9 Å². The topological polar surface area (TPSA) is 50.8 Å². The SMILES string of the molecule is CCc1cc(OC)c2cn[nH]c2n1. The molecule has 0 bridgehead atoms. The number of aryl methyl sites for hydroxylation is 1. The first-order chi connectivity index (χ1) is 6.35. The first-order valence-corrected chi connectivity index (χ1v) is 4.22. The number of nitrogens with one attached hydrogen (secondary N) is 1. The molecule has 0 unspecified atom stereocenters. The third kappa shape index (κ3) is 1.24. The van der Waals surface area contributed by atoms with Gasteiger partial charge in [-0.15, -0.1) is 0 Å². The Balaban J connectivity index is 2.70. The van der Waals surface area contributed by atoms with E-state index < -0.39 is 0 Å². The zero-order valence-electron chi connectivity index (χ0n) is 7.66. The van der Waals surface area contributed by atoms with Gasteiger partial charge in [-0.3, -0.25) is 5.10 Å². The van der Waals surface area contributed by atoms with Crippen LogP contribution in [0.4, 0.5) is 0 Å². The Morgan fingerprint density at radius 3 is 3.08 bits per heavy atom. The third-order valence-electron chi connectivity index (χ3n) is 2.02. The van der Waals surface area contributed by atoms with Gasteiger partial charge in [-0.05, 0) is 6.42 Å². The van der Waals surface area contributed by atoms with Gasteiger partial charge in [0.2, 0.25) is 0 Å². The van der Waals surface area contributed by atoms with Crippen molar-refractivity contribution in [2.24, 2.45) is 0 Å². The van der Waals surface area contributed by atoms with Crippen LogP contribution in [0.3, 0.4) is 0 Å². The summed E-state index contributed by atoms with van der Waals surface area (Å²) >= 11 is 0. The van der Waals surface area contributed by atoms with Crippen LogP contribution in [0.1, 0.15) is 12.6 Å². The zero-order valence-corrected chi connectivity index (χ0v) is 7.66. The summed E-state index contributed by atoms with van der Waals surface area (Å²) in [6.07, 6.45) is 2.62. The van der Waals surface area contributed by atoms with Crippen LogP contribution < -0.4 is 4.74 Å². The fraction of sp³-hybridized carbons (Fsp3) is 0.333. The van der Waals surface area contributed by atoms with Crippen molar-refractivity contribution in [1.29, 1.82) is 0 Å². The van der Waals surface area contributed by atoms with Crippen molar-refractivity contribution >= 4 is 11.0 Å². The van der Waals surface area contributed by atoms with E-state index in [9.17, 15) is 0 Å². The molecule has 0 atom stereocenters. The van der Waals surface area contributed by atoms with Crippen molar-refractivity contribution in [3.63, 3.8) is 0 Å². The zero-order chi connectivity index (χ0) is 9.26. The van der Waals surface area contributed by atoms with E-state index in [1.807, 2.05) is 6.07 Å². The van der Waals surface area contributed by atoms with E-state index in [1.54, 1.807) is 13.3 Å². The van der Waals surface area contributed by atoms with E-state index >= 15 is 0 Å². The highest BCUT2D eigenvalue weighted by atomic mass is 16.5. The Hall–Kier alpha value is -1.58. The number of rotatable bonds is 2. The highest BCUT2D eigenvalue weighted by molar-refractivity contribution is 5.81. The molecule has 2 aromatic heterocycles. The Labute approximate surface area is 75.9 Å². The molecule has 2 rings (SSSR count). The molecule has 0 saturated heterocycles. The number of ether oxygens (including phenoxy) is 1. The monoisotopic (exact) mass is 177 g/mol. The lowest BCUT2D eigenvalue weighted by atomic mass is 10.2. The molecule has 4 nitrogen and oxygen atoms in total. The summed E-state index contributed by atoms with van der Waals surface area (Å²) in [4.78, 5) is 4.36. The molecule has 2 aromatic rings. The highest BCUT2D eigenvalue weighted by Gasteiger charge is 2.05. The fourth-order valence-electron chi connectivity index (χ4n) is 1.30. The first kappa shape index (κ1) is 8.04. The average molecular weight is 177 g/mol. The highest BCUT2D eigenvalue weighted by Crippen LogP contribution is 2.23. The molecule has 13 heavy (non-hydrogen) atoms. The van der Waals surface area contributed by atoms with Gasteiger partial charge in [0.25, 0.3) is 0 Å². The van der Waals surface area contributed by atoms with Gasteiger partial charge < -0.3 is 4.74 Å². The van der Waals surface area contributed by atoms with E-state index in [-0.39, 0.29) is 0 Å². The molecule has 0 aliphatic rings. The summed E-state index contributed by atoms with van der Waals surface area (Å²) in [5, 5.41) is 7.68. The lowest BCUT2D eigenvalue weighted by Crippen LogP contribution is -1.91. The van der Waals surface area contributed by atoms with Crippen LogP contribution in [0, 0.1) is 0 Å². The number of H-pyrrole nitrogens is 1. The number of aromatic amines is 1. The summed E-state index contributed by atoms with van der Waals surface area (Å²) in [6, 6.07) is 1.94. The van der Waals surface area contributed by atoms with Gasteiger partial charge >= 0.3 is 0 Å². The van der Waals surface area contributed by atoms with Crippen LogP contribution in [0.25, 0.3) is 11.0 Å². The molecule has 0 aromatic carbocycles. The van der Waals surface area contributed by atoms with Crippen LogP contribution in [0.5, 0.6) is 5.75 Å². The van der Waals surface area contributed by atoms with E-state index in [1.165, 1.54) is 0 Å². The molecule has 0 radical (unpaired) electrons. The Bertz CT molecular complexity index is 422. The number of hydrogen-bond acceptors (Lipinski definition) is 3. The van der Waals surface area contributed by atoms with Crippen molar-refractivity contribution in [2.45, 2.75) is 13.3 Å². The van der Waals surface area contributed by atoms with Crippen LogP contribution in [0.15, 0.2) is 12.3 Å². The number of pyridine rings is 1. The first-order valence-electron chi connectivity index (χ1n) is 4.22. The van der Waals surface area contributed by atoms with Gasteiger partial charge in [0.05, 0.1) is 18.7 Å². The molecule has 68 valence electrons. The Kier molecular flexibility index (Phi) is 1.88. The summed E-state index contributed by atoms with van der Waals surface area (Å²) in [7, 11) is 1.65.